The van der Waals surface area contributed by atoms with Crippen LogP contribution in [0.3, 0.4) is 0 Å². The van der Waals surface area contributed by atoms with Gasteiger partial charge < -0.3 is 0 Å². The number of rotatable bonds is 3. The Hall–Kier alpha value is -1.08. The maximum atomic E-state index is 5.92. The standard InChI is InChI=1S/C15H16ClN/c16-13-6-7-14(17-11-13)15(10-12-4-5-12)8-2-1-3-9-15/h1-3,6-8,11-12H,4-5,9-10H2/t15-/m1/s1. The molecule has 1 atom stereocenters. The minimum Gasteiger partial charge on any atom is -0.259 e. The van der Waals surface area contributed by atoms with Gasteiger partial charge in [0.05, 0.1) is 10.7 Å². The number of pyridine rings is 1. The summed E-state index contributed by atoms with van der Waals surface area (Å²) in [5, 5.41) is 0.714. The van der Waals surface area contributed by atoms with Gasteiger partial charge in [0.1, 0.15) is 0 Å². The van der Waals surface area contributed by atoms with Crippen LogP contribution in [0, 0.1) is 5.92 Å². The first-order valence-corrected chi connectivity index (χ1v) is 6.63. The molecule has 17 heavy (non-hydrogen) atoms. The highest BCUT2D eigenvalue weighted by molar-refractivity contribution is 6.30. The summed E-state index contributed by atoms with van der Waals surface area (Å²) in [4.78, 5) is 4.54. The highest BCUT2D eigenvalue weighted by Crippen LogP contribution is 2.45. The molecule has 1 aromatic heterocycles. The normalized spacial score (nSPS) is 27.4. The van der Waals surface area contributed by atoms with Crippen LogP contribution in [0.4, 0.5) is 0 Å². The molecule has 0 bridgehead atoms. The van der Waals surface area contributed by atoms with Gasteiger partial charge in [0, 0.05) is 11.6 Å². The van der Waals surface area contributed by atoms with Crippen molar-refractivity contribution in [2.75, 3.05) is 0 Å². The lowest BCUT2D eigenvalue weighted by Gasteiger charge is -2.31. The summed E-state index contributed by atoms with van der Waals surface area (Å²) in [6.07, 6.45) is 15.7. The van der Waals surface area contributed by atoms with Crippen LogP contribution in [0.5, 0.6) is 0 Å². The molecule has 0 amide bonds. The first kappa shape index (κ1) is 11.0. The number of hydrogen-bond acceptors (Lipinski definition) is 1. The molecule has 0 unspecified atom stereocenters. The third-order valence-electron chi connectivity index (χ3n) is 3.73. The lowest BCUT2D eigenvalue weighted by Crippen LogP contribution is -2.26. The zero-order valence-electron chi connectivity index (χ0n) is 9.77. The van der Waals surface area contributed by atoms with Crippen LogP contribution in [-0.4, -0.2) is 4.98 Å². The van der Waals surface area contributed by atoms with Gasteiger partial charge in [-0.25, -0.2) is 0 Å². The van der Waals surface area contributed by atoms with Gasteiger partial charge in [-0.05, 0) is 30.9 Å². The Morgan fingerprint density at radius 1 is 1.29 bits per heavy atom. The average Bonchev–Trinajstić information content (AvgIpc) is 3.15. The monoisotopic (exact) mass is 245 g/mol. The predicted molar refractivity (Wildman–Crippen MR) is 71.2 cm³/mol. The molecule has 1 heterocycles. The largest absolute Gasteiger partial charge is 0.259 e. The number of nitrogens with zero attached hydrogens (tertiary/aromatic N) is 1. The van der Waals surface area contributed by atoms with Crippen LogP contribution >= 0.6 is 11.6 Å². The van der Waals surface area contributed by atoms with Gasteiger partial charge in [-0.2, -0.15) is 0 Å². The quantitative estimate of drug-likeness (QED) is 0.774. The van der Waals surface area contributed by atoms with E-state index >= 15 is 0 Å². The highest BCUT2D eigenvalue weighted by atomic mass is 35.5. The van der Waals surface area contributed by atoms with E-state index in [0.717, 1.165) is 18.0 Å². The third-order valence-corrected chi connectivity index (χ3v) is 3.96. The fourth-order valence-electron chi connectivity index (χ4n) is 2.62. The fraction of sp³-hybridized carbons (Fsp3) is 0.400. The van der Waals surface area contributed by atoms with Gasteiger partial charge in [-0.1, -0.05) is 48.7 Å². The van der Waals surface area contributed by atoms with E-state index in [-0.39, 0.29) is 5.41 Å². The van der Waals surface area contributed by atoms with E-state index in [1.807, 2.05) is 6.07 Å². The van der Waals surface area contributed by atoms with Crippen molar-refractivity contribution in [2.45, 2.75) is 31.1 Å². The summed E-state index contributed by atoms with van der Waals surface area (Å²) < 4.78 is 0. The molecule has 0 aliphatic heterocycles. The van der Waals surface area contributed by atoms with E-state index in [0.29, 0.717) is 5.02 Å². The summed E-state index contributed by atoms with van der Waals surface area (Å²) in [5.41, 5.74) is 1.27. The molecule has 0 spiro atoms. The predicted octanol–water partition coefficient (Wildman–Crippen LogP) is 4.29. The second-order valence-corrected chi connectivity index (χ2v) is 5.59. The van der Waals surface area contributed by atoms with Crippen molar-refractivity contribution in [1.29, 1.82) is 0 Å². The van der Waals surface area contributed by atoms with Crippen LogP contribution in [-0.2, 0) is 5.41 Å². The first-order valence-electron chi connectivity index (χ1n) is 6.25. The molecule has 1 fully saturated rings. The van der Waals surface area contributed by atoms with Crippen molar-refractivity contribution in [3.63, 3.8) is 0 Å². The Bertz CT molecular complexity index is 456. The topological polar surface area (TPSA) is 12.9 Å². The summed E-state index contributed by atoms with van der Waals surface area (Å²) in [7, 11) is 0. The molecular formula is C15H16ClN. The van der Waals surface area contributed by atoms with Gasteiger partial charge in [-0.3, -0.25) is 4.98 Å². The molecule has 2 aliphatic rings. The van der Waals surface area contributed by atoms with E-state index in [4.69, 9.17) is 11.6 Å². The second-order valence-electron chi connectivity index (χ2n) is 5.16. The molecular weight excluding hydrogens is 230 g/mol. The van der Waals surface area contributed by atoms with Crippen molar-refractivity contribution in [2.24, 2.45) is 5.92 Å². The van der Waals surface area contributed by atoms with Gasteiger partial charge >= 0.3 is 0 Å². The summed E-state index contributed by atoms with van der Waals surface area (Å²) in [6, 6.07) is 4.03. The highest BCUT2D eigenvalue weighted by Gasteiger charge is 2.37. The fourth-order valence-corrected chi connectivity index (χ4v) is 2.73. The van der Waals surface area contributed by atoms with Crippen molar-refractivity contribution < 1.29 is 0 Å². The van der Waals surface area contributed by atoms with Crippen molar-refractivity contribution in [3.8, 4) is 0 Å². The second kappa shape index (κ2) is 4.30. The van der Waals surface area contributed by atoms with Gasteiger partial charge in [-0.15, -0.1) is 0 Å². The number of hydrogen-bond donors (Lipinski definition) is 0. The maximum absolute atomic E-state index is 5.92. The molecule has 0 saturated heterocycles. The van der Waals surface area contributed by atoms with Crippen molar-refractivity contribution in [1.82, 2.24) is 4.98 Å². The molecule has 3 rings (SSSR count). The smallest absolute Gasteiger partial charge is 0.0589 e. The zero-order chi connectivity index (χ0) is 11.7. The van der Waals surface area contributed by atoms with E-state index in [2.05, 4.69) is 35.4 Å². The molecule has 0 aromatic carbocycles. The molecule has 1 aromatic rings. The summed E-state index contributed by atoms with van der Waals surface area (Å²) >= 11 is 5.92. The Morgan fingerprint density at radius 2 is 2.18 bits per heavy atom. The molecule has 2 heteroatoms. The molecule has 0 N–H and O–H groups in total. The lowest BCUT2D eigenvalue weighted by molar-refractivity contribution is 0.448. The van der Waals surface area contributed by atoms with Crippen LogP contribution in [0.2, 0.25) is 5.02 Å². The Labute approximate surface area is 107 Å². The third kappa shape index (κ3) is 2.30. The summed E-state index contributed by atoms with van der Waals surface area (Å²) in [5.74, 6) is 0.892. The Balaban J connectivity index is 1.94. The number of aromatic nitrogens is 1. The summed E-state index contributed by atoms with van der Waals surface area (Å²) in [6.45, 7) is 0. The van der Waals surface area contributed by atoms with E-state index < -0.39 is 0 Å². The van der Waals surface area contributed by atoms with Gasteiger partial charge in [0.15, 0.2) is 0 Å². The molecule has 2 aliphatic carbocycles. The van der Waals surface area contributed by atoms with Crippen LogP contribution in [0.15, 0.2) is 42.6 Å². The van der Waals surface area contributed by atoms with E-state index in [1.165, 1.54) is 19.3 Å². The molecule has 1 nitrogen and oxygen atoms in total. The average molecular weight is 246 g/mol. The maximum Gasteiger partial charge on any atom is 0.0589 e. The SMILES string of the molecule is Clc1ccc([C@]2(CC3CC3)C=CC=CC2)nc1. The lowest BCUT2D eigenvalue weighted by atomic mass is 9.74. The van der Waals surface area contributed by atoms with Crippen molar-refractivity contribution >= 4 is 11.6 Å². The number of halogens is 1. The van der Waals surface area contributed by atoms with Crippen LogP contribution < -0.4 is 0 Å². The minimum absolute atomic E-state index is 0.112. The Morgan fingerprint density at radius 3 is 2.76 bits per heavy atom. The zero-order valence-corrected chi connectivity index (χ0v) is 10.5. The Kier molecular flexibility index (Phi) is 2.79. The first-order chi connectivity index (χ1) is 8.28. The van der Waals surface area contributed by atoms with Gasteiger partial charge in [0.25, 0.3) is 0 Å². The molecule has 88 valence electrons. The van der Waals surface area contributed by atoms with E-state index in [1.54, 1.807) is 6.20 Å². The molecule has 0 radical (unpaired) electrons. The van der Waals surface area contributed by atoms with Crippen LogP contribution in [0.25, 0.3) is 0 Å². The number of allylic oxidation sites excluding steroid dienone is 4. The van der Waals surface area contributed by atoms with E-state index in [9.17, 15) is 0 Å². The minimum atomic E-state index is 0.112. The molecule has 1 saturated carbocycles. The van der Waals surface area contributed by atoms with Crippen molar-refractivity contribution in [3.05, 3.63) is 53.4 Å². The van der Waals surface area contributed by atoms with Gasteiger partial charge in [0.2, 0.25) is 0 Å². The van der Waals surface area contributed by atoms with Crippen LogP contribution in [0.1, 0.15) is 31.4 Å².